The molecular weight excluding hydrogens is 362 g/mol. The largest absolute Gasteiger partial charge is 0.352 e. The van der Waals surface area contributed by atoms with E-state index in [0.29, 0.717) is 30.8 Å². The molecule has 2 amide bonds. The molecule has 5 nitrogen and oxygen atoms in total. The Labute approximate surface area is 174 Å². The molecule has 4 rings (SSSR count). The maximum absolute atomic E-state index is 12.7. The number of nitrogens with one attached hydrogen (secondary N) is 1. The number of rotatable bonds is 6. The van der Waals surface area contributed by atoms with Crippen molar-refractivity contribution in [3.63, 3.8) is 0 Å². The van der Waals surface area contributed by atoms with E-state index < -0.39 is 0 Å². The fourth-order valence-electron chi connectivity index (χ4n) is 5.13. The molecule has 1 saturated heterocycles. The Morgan fingerprint density at radius 3 is 2.52 bits per heavy atom. The zero-order valence-electron chi connectivity index (χ0n) is 17.7. The van der Waals surface area contributed by atoms with Crippen LogP contribution in [0.25, 0.3) is 0 Å². The molecule has 1 aromatic carbocycles. The van der Waals surface area contributed by atoms with E-state index in [1.54, 1.807) is 0 Å². The molecule has 2 saturated carbocycles. The molecule has 1 aromatic rings. The van der Waals surface area contributed by atoms with Crippen molar-refractivity contribution in [2.45, 2.75) is 57.4 Å². The van der Waals surface area contributed by atoms with Crippen LogP contribution in [0.1, 0.15) is 56.9 Å². The molecule has 1 aliphatic heterocycles. The average molecular weight is 398 g/mol. The van der Waals surface area contributed by atoms with Crippen LogP contribution in [0.3, 0.4) is 0 Å². The second kappa shape index (κ2) is 9.29. The van der Waals surface area contributed by atoms with Gasteiger partial charge in [-0.15, -0.1) is 0 Å². The summed E-state index contributed by atoms with van der Waals surface area (Å²) in [4.78, 5) is 29.3. The number of hydrogen-bond acceptors (Lipinski definition) is 3. The molecule has 2 aliphatic carbocycles. The molecule has 1 N–H and O–H groups in total. The van der Waals surface area contributed by atoms with Gasteiger partial charge in [0.2, 0.25) is 11.8 Å². The topological polar surface area (TPSA) is 52.7 Å². The monoisotopic (exact) mass is 397 g/mol. The first-order chi connectivity index (χ1) is 14.1. The Balaban J connectivity index is 1.15. The van der Waals surface area contributed by atoms with E-state index in [-0.39, 0.29) is 11.8 Å². The van der Waals surface area contributed by atoms with E-state index in [9.17, 15) is 9.59 Å². The number of hydrogen-bond donors (Lipinski definition) is 1. The van der Waals surface area contributed by atoms with Gasteiger partial charge in [-0.05, 0) is 42.6 Å². The van der Waals surface area contributed by atoms with Gasteiger partial charge in [0.15, 0.2) is 0 Å². The Hall–Kier alpha value is -1.88. The van der Waals surface area contributed by atoms with Crippen LogP contribution in [0.4, 0.5) is 0 Å². The van der Waals surface area contributed by atoms with Gasteiger partial charge in [-0.3, -0.25) is 14.5 Å². The van der Waals surface area contributed by atoms with Crippen molar-refractivity contribution < 1.29 is 9.59 Å². The molecule has 0 spiro atoms. The minimum Gasteiger partial charge on any atom is -0.352 e. The van der Waals surface area contributed by atoms with Gasteiger partial charge in [0.1, 0.15) is 0 Å². The first kappa shape index (κ1) is 20.4. The third kappa shape index (κ3) is 5.59. The minimum absolute atomic E-state index is 0.146. The normalized spacial score (nSPS) is 30.0. The predicted octanol–water partition coefficient (Wildman–Crippen LogP) is 3.02. The number of piperazine rings is 1. The summed E-state index contributed by atoms with van der Waals surface area (Å²) in [6.45, 7) is 5.83. The molecule has 3 fully saturated rings. The van der Waals surface area contributed by atoms with Crippen LogP contribution >= 0.6 is 0 Å². The lowest BCUT2D eigenvalue weighted by atomic mass is 9.87. The lowest BCUT2D eigenvalue weighted by Gasteiger charge is -2.35. The van der Waals surface area contributed by atoms with Crippen LogP contribution in [-0.2, 0) is 9.59 Å². The molecule has 3 aliphatic rings. The second-order valence-corrected chi connectivity index (χ2v) is 9.41. The molecule has 0 bridgehead atoms. The molecular formula is C24H35N3O2. The maximum atomic E-state index is 12.7. The molecule has 5 heteroatoms. The number of amides is 2. The molecule has 0 aromatic heterocycles. The number of carbonyl (C=O) groups is 2. The standard InChI is InChI=1S/C24H35N3O2/c1-18-6-5-9-21(14-18)25-23(28)17-26-10-12-27(13-11-26)24(29)16-20-15-22(20)19-7-3-2-4-8-19/h2-4,7-8,18,20-22H,5-6,9-17H2,1H3,(H,25,28)/t18?,20-,21?,22-/m0/s1. The van der Waals surface area contributed by atoms with Crippen molar-refractivity contribution in [3.05, 3.63) is 35.9 Å². The van der Waals surface area contributed by atoms with E-state index in [2.05, 4.69) is 41.4 Å². The van der Waals surface area contributed by atoms with E-state index in [4.69, 9.17) is 0 Å². The second-order valence-electron chi connectivity index (χ2n) is 9.41. The van der Waals surface area contributed by atoms with Crippen LogP contribution in [0.2, 0.25) is 0 Å². The summed E-state index contributed by atoms with van der Waals surface area (Å²) < 4.78 is 0. The van der Waals surface area contributed by atoms with Gasteiger partial charge in [-0.2, -0.15) is 0 Å². The summed E-state index contributed by atoms with van der Waals surface area (Å²) in [6.07, 6.45) is 6.53. The third-order valence-corrected chi connectivity index (χ3v) is 6.98. The van der Waals surface area contributed by atoms with Crippen molar-refractivity contribution in [1.82, 2.24) is 15.1 Å². The highest BCUT2D eigenvalue weighted by Crippen LogP contribution is 2.49. The number of carbonyl (C=O) groups excluding carboxylic acids is 2. The van der Waals surface area contributed by atoms with Gasteiger partial charge in [0.25, 0.3) is 0 Å². The van der Waals surface area contributed by atoms with Crippen LogP contribution in [0, 0.1) is 11.8 Å². The highest BCUT2D eigenvalue weighted by Gasteiger charge is 2.40. The molecule has 4 atom stereocenters. The highest BCUT2D eigenvalue weighted by molar-refractivity contribution is 5.79. The Morgan fingerprint density at radius 2 is 1.79 bits per heavy atom. The predicted molar refractivity (Wildman–Crippen MR) is 114 cm³/mol. The van der Waals surface area contributed by atoms with Crippen molar-refractivity contribution in [2.75, 3.05) is 32.7 Å². The van der Waals surface area contributed by atoms with Crippen molar-refractivity contribution in [2.24, 2.45) is 11.8 Å². The SMILES string of the molecule is CC1CCCC(NC(=O)CN2CCN(C(=O)C[C@@H]3C[C@H]3c3ccccc3)CC2)C1. The number of benzene rings is 1. The molecule has 158 valence electrons. The molecule has 2 unspecified atom stereocenters. The van der Waals surface area contributed by atoms with Gasteiger partial charge in [-0.25, -0.2) is 0 Å². The van der Waals surface area contributed by atoms with Gasteiger partial charge in [0, 0.05) is 38.6 Å². The average Bonchev–Trinajstić information content (AvgIpc) is 3.48. The summed E-state index contributed by atoms with van der Waals surface area (Å²) in [7, 11) is 0. The summed E-state index contributed by atoms with van der Waals surface area (Å²) in [5.74, 6) is 2.22. The Kier molecular flexibility index (Phi) is 6.53. The summed E-state index contributed by atoms with van der Waals surface area (Å²) >= 11 is 0. The Bertz CT molecular complexity index is 699. The molecule has 0 radical (unpaired) electrons. The smallest absolute Gasteiger partial charge is 0.234 e. The van der Waals surface area contributed by atoms with Crippen LogP contribution in [0.15, 0.2) is 30.3 Å². The van der Waals surface area contributed by atoms with Gasteiger partial charge in [0.05, 0.1) is 6.54 Å². The summed E-state index contributed by atoms with van der Waals surface area (Å²) in [5, 5.41) is 3.22. The maximum Gasteiger partial charge on any atom is 0.234 e. The van der Waals surface area contributed by atoms with Crippen LogP contribution in [0.5, 0.6) is 0 Å². The van der Waals surface area contributed by atoms with E-state index >= 15 is 0 Å². The fraction of sp³-hybridized carbons (Fsp3) is 0.667. The first-order valence-corrected chi connectivity index (χ1v) is 11.4. The first-order valence-electron chi connectivity index (χ1n) is 11.4. The summed E-state index contributed by atoms with van der Waals surface area (Å²) in [6, 6.07) is 10.9. The van der Waals surface area contributed by atoms with Gasteiger partial charge in [-0.1, -0.05) is 50.1 Å². The zero-order chi connectivity index (χ0) is 20.2. The Morgan fingerprint density at radius 1 is 1.03 bits per heavy atom. The third-order valence-electron chi connectivity index (χ3n) is 6.98. The lowest BCUT2D eigenvalue weighted by molar-refractivity contribution is -0.133. The minimum atomic E-state index is 0.146. The van der Waals surface area contributed by atoms with Gasteiger partial charge < -0.3 is 10.2 Å². The van der Waals surface area contributed by atoms with Gasteiger partial charge >= 0.3 is 0 Å². The van der Waals surface area contributed by atoms with Crippen molar-refractivity contribution in [1.29, 1.82) is 0 Å². The van der Waals surface area contributed by atoms with Crippen LogP contribution in [-0.4, -0.2) is 60.4 Å². The van der Waals surface area contributed by atoms with Crippen molar-refractivity contribution >= 4 is 11.8 Å². The number of nitrogens with zero attached hydrogens (tertiary/aromatic N) is 2. The zero-order valence-corrected chi connectivity index (χ0v) is 17.7. The lowest BCUT2D eigenvalue weighted by Crippen LogP contribution is -2.52. The highest BCUT2D eigenvalue weighted by atomic mass is 16.2. The van der Waals surface area contributed by atoms with E-state index in [1.165, 1.54) is 18.4 Å². The molecule has 1 heterocycles. The quantitative estimate of drug-likeness (QED) is 0.803. The summed E-state index contributed by atoms with van der Waals surface area (Å²) in [5.41, 5.74) is 1.37. The fourth-order valence-corrected chi connectivity index (χ4v) is 5.13. The van der Waals surface area contributed by atoms with Crippen LogP contribution < -0.4 is 5.32 Å². The van der Waals surface area contributed by atoms with E-state index in [0.717, 1.165) is 51.4 Å². The van der Waals surface area contributed by atoms with Crippen molar-refractivity contribution in [3.8, 4) is 0 Å². The molecule has 29 heavy (non-hydrogen) atoms. The van der Waals surface area contributed by atoms with E-state index in [1.807, 2.05) is 11.0 Å².